The highest BCUT2D eigenvalue weighted by Gasteiger charge is 2.18. The summed E-state index contributed by atoms with van der Waals surface area (Å²) in [6.45, 7) is 1.93. The standard InChI is InChI=1S/C17H16O4/c1-11-7-8-14(17(19)21-3)15(9-11)13-6-4-5-12(10-18)16(13)20-2/h4-10H,1-3H3. The molecule has 0 amide bonds. The summed E-state index contributed by atoms with van der Waals surface area (Å²) < 4.78 is 10.2. The molecule has 2 aromatic rings. The van der Waals surface area contributed by atoms with Gasteiger partial charge in [-0.05, 0) is 19.1 Å². The van der Waals surface area contributed by atoms with Gasteiger partial charge in [0.15, 0.2) is 6.29 Å². The molecule has 2 aromatic carbocycles. The van der Waals surface area contributed by atoms with E-state index in [9.17, 15) is 9.59 Å². The van der Waals surface area contributed by atoms with Crippen LogP contribution in [0.1, 0.15) is 26.3 Å². The van der Waals surface area contributed by atoms with Crippen LogP contribution in [0.25, 0.3) is 11.1 Å². The molecule has 4 nitrogen and oxygen atoms in total. The van der Waals surface area contributed by atoms with Crippen molar-refractivity contribution in [2.24, 2.45) is 0 Å². The lowest BCUT2D eigenvalue weighted by Crippen LogP contribution is -2.05. The summed E-state index contributed by atoms with van der Waals surface area (Å²) in [5, 5.41) is 0. The summed E-state index contributed by atoms with van der Waals surface area (Å²) in [6, 6.07) is 10.7. The Balaban J connectivity index is 2.74. The summed E-state index contributed by atoms with van der Waals surface area (Å²) in [5.74, 6) is 0.0202. The van der Waals surface area contributed by atoms with Gasteiger partial charge in [-0.1, -0.05) is 29.8 Å². The maximum Gasteiger partial charge on any atom is 0.338 e. The molecular weight excluding hydrogens is 268 g/mol. The number of aldehydes is 1. The minimum absolute atomic E-state index is 0.427. The predicted molar refractivity (Wildman–Crippen MR) is 79.9 cm³/mol. The second-order valence-electron chi connectivity index (χ2n) is 4.59. The van der Waals surface area contributed by atoms with Gasteiger partial charge in [0.25, 0.3) is 0 Å². The third-order valence-corrected chi connectivity index (χ3v) is 3.25. The van der Waals surface area contributed by atoms with Crippen LogP contribution < -0.4 is 4.74 Å². The van der Waals surface area contributed by atoms with E-state index >= 15 is 0 Å². The molecule has 108 valence electrons. The van der Waals surface area contributed by atoms with E-state index in [1.807, 2.05) is 25.1 Å². The first-order valence-corrected chi connectivity index (χ1v) is 6.44. The zero-order valence-electron chi connectivity index (χ0n) is 12.2. The number of para-hydroxylation sites is 1. The average Bonchev–Trinajstić information content (AvgIpc) is 2.53. The normalized spacial score (nSPS) is 10.0. The molecule has 21 heavy (non-hydrogen) atoms. The highest BCUT2D eigenvalue weighted by atomic mass is 16.5. The van der Waals surface area contributed by atoms with Crippen molar-refractivity contribution in [1.29, 1.82) is 0 Å². The number of methoxy groups -OCH3 is 2. The number of carbonyl (C=O) groups is 2. The highest BCUT2D eigenvalue weighted by Crippen LogP contribution is 2.35. The minimum Gasteiger partial charge on any atom is -0.495 e. The lowest BCUT2D eigenvalue weighted by Gasteiger charge is -2.14. The Hall–Kier alpha value is -2.62. The van der Waals surface area contributed by atoms with Crippen LogP contribution in [0, 0.1) is 6.92 Å². The second kappa shape index (κ2) is 6.22. The molecule has 0 aliphatic rings. The largest absolute Gasteiger partial charge is 0.495 e. The summed E-state index contributed by atoms with van der Waals surface area (Å²) in [6.07, 6.45) is 0.732. The molecule has 0 bridgehead atoms. The summed E-state index contributed by atoms with van der Waals surface area (Å²) in [4.78, 5) is 23.1. The van der Waals surface area contributed by atoms with Crippen LogP contribution in [-0.4, -0.2) is 26.5 Å². The molecule has 0 aliphatic carbocycles. The van der Waals surface area contributed by atoms with E-state index in [2.05, 4.69) is 0 Å². The number of esters is 1. The Morgan fingerprint density at radius 1 is 1.10 bits per heavy atom. The number of hydrogen-bond acceptors (Lipinski definition) is 4. The first-order valence-electron chi connectivity index (χ1n) is 6.44. The van der Waals surface area contributed by atoms with Crippen molar-refractivity contribution in [3.05, 3.63) is 53.1 Å². The molecule has 0 spiro atoms. The van der Waals surface area contributed by atoms with Gasteiger partial charge in [0.1, 0.15) is 5.75 Å². The number of ether oxygens (including phenoxy) is 2. The van der Waals surface area contributed by atoms with Crippen LogP contribution in [0.15, 0.2) is 36.4 Å². The number of hydrogen-bond donors (Lipinski definition) is 0. The predicted octanol–water partition coefficient (Wildman–Crippen LogP) is 3.27. The second-order valence-corrected chi connectivity index (χ2v) is 4.59. The molecule has 0 radical (unpaired) electrons. The third kappa shape index (κ3) is 2.79. The van der Waals surface area contributed by atoms with Crippen LogP contribution in [0.4, 0.5) is 0 Å². The van der Waals surface area contributed by atoms with Gasteiger partial charge in [0.05, 0.1) is 25.3 Å². The molecule has 0 saturated carbocycles. The number of rotatable bonds is 4. The smallest absolute Gasteiger partial charge is 0.338 e. The molecule has 0 aliphatic heterocycles. The molecule has 4 heteroatoms. The fourth-order valence-corrected chi connectivity index (χ4v) is 2.26. The summed E-state index contributed by atoms with van der Waals surface area (Å²) in [5.41, 5.74) is 3.24. The van der Waals surface area contributed by atoms with Gasteiger partial charge in [-0.3, -0.25) is 4.79 Å². The lowest BCUT2D eigenvalue weighted by atomic mass is 9.95. The summed E-state index contributed by atoms with van der Waals surface area (Å²) in [7, 11) is 2.84. The maximum absolute atomic E-state index is 11.9. The Kier molecular flexibility index (Phi) is 4.38. The van der Waals surface area contributed by atoms with Crippen molar-refractivity contribution >= 4 is 12.3 Å². The van der Waals surface area contributed by atoms with Crippen molar-refractivity contribution in [3.8, 4) is 16.9 Å². The van der Waals surface area contributed by atoms with E-state index in [0.717, 1.165) is 11.8 Å². The quantitative estimate of drug-likeness (QED) is 0.638. The molecule has 0 aromatic heterocycles. The zero-order valence-corrected chi connectivity index (χ0v) is 12.2. The Morgan fingerprint density at radius 2 is 1.86 bits per heavy atom. The fraction of sp³-hybridized carbons (Fsp3) is 0.176. The molecule has 0 N–H and O–H groups in total. The Bertz CT molecular complexity index is 689. The van der Waals surface area contributed by atoms with Gasteiger partial charge in [0.2, 0.25) is 0 Å². The van der Waals surface area contributed by atoms with Crippen LogP contribution in [0.2, 0.25) is 0 Å². The Morgan fingerprint density at radius 3 is 2.48 bits per heavy atom. The van der Waals surface area contributed by atoms with Crippen molar-refractivity contribution in [2.45, 2.75) is 6.92 Å². The van der Waals surface area contributed by atoms with Crippen molar-refractivity contribution < 1.29 is 19.1 Å². The van der Waals surface area contributed by atoms with Gasteiger partial charge in [-0.25, -0.2) is 4.79 Å². The highest BCUT2D eigenvalue weighted by molar-refractivity contribution is 5.99. The molecule has 0 heterocycles. The maximum atomic E-state index is 11.9. The molecular formula is C17H16O4. The van der Waals surface area contributed by atoms with Gasteiger partial charge in [-0.15, -0.1) is 0 Å². The van der Waals surface area contributed by atoms with E-state index in [1.165, 1.54) is 14.2 Å². The molecule has 0 atom stereocenters. The van der Waals surface area contributed by atoms with E-state index in [1.54, 1.807) is 18.2 Å². The van der Waals surface area contributed by atoms with Crippen LogP contribution in [-0.2, 0) is 4.74 Å². The molecule has 0 fully saturated rings. The fourth-order valence-electron chi connectivity index (χ4n) is 2.26. The monoisotopic (exact) mass is 284 g/mol. The lowest BCUT2D eigenvalue weighted by molar-refractivity contribution is 0.0601. The van der Waals surface area contributed by atoms with Gasteiger partial charge in [0, 0.05) is 11.1 Å². The number of benzene rings is 2. The van der Waals surface area contributed by atoms with E-state index in [-0.39, 0.29) is 0 Å². The number of carbonyl (C=O) groups excluding carboxylic acids is 2. The van der Waals surface area contributed by atoms with E-state index in [4.69, 9.17) is 9.47 Å². The van der Waals surface area contributed by atoms with Crippen LogP contribution >= 0.6 is 0 Å². The van der Waals surface area contributed by atoms with Crippen LogP contribution in [0.3, 0.4) is 0 Å². The van der Waals surface area contributed by atoms with E-state index in [0.29, 0.717) is 28.0 Å². The first-order chi connectivity index (χ1) is 10.1. The van der Waals surface area contributed by atoms with Gasteiger partial charge < -0.3 is 9.47 Å². The van der Waals surface area contributed by atoms with Crippen molar-refractivity contribution in [3.63, 3.8) is 0 Å². The van der Waals surface area contributed by atoms with E-state index < -0.39 is 5.97 Å². The SMILES string of the molecule is COC(=O)c1ccc(C)cc1-c1cccc(C=O)c1OC. The number of aryl methyl sites for hydroxylation is 1. The van der Waals surface area contributed by atoms with Gasteiger partial charge in [-0.2, -0.15) is 0 Å². The molecule has 0 saturated heterocycles. The van der Waals surface area contributed by atoms with Crippen molar-refractivity contribution in [1.82, 2.24) is 0 Å². The topological polar surface area (TPSA) is 52.6 Å². The third-order valence-electron chi connectivity index (χ3n) is 3.25. The van der Waals surface area contributed by atoms with Crippen LogP contribution in [0.5, 0.6) is 5.75 Å². The molecule has 0 unspecified atom stereocenters. The average molecular weight is 284 g/mol. The summed E-state index contributed by atoms with van der Waals surface area (Å²) >= 11 is 0. The van der Waals surface area contributed by atoms with Crippen molar-refractivity contribution in [2.75, 3.05) is 14.2 Å². The zero-order chi connectivity index (χ0) is 15.4. The Labute approximate surface area is 123 Å². The molecule has 2 rings (SSSR count). The van der Waals surface area contributed by atoms with Gasteiger partial charge >= 0.3 is 5.97 Å². The first kappa shape index (κ1) is 14.8. The minimum atomic E-state index is -0.427.